The van der Waals surface area contributed by atoms with Crippen LogP contribution in [0.1, 0.15) is 36.0 Å². The van der Waals surface area contributed by atoms with Gasteiger partial charge >= 0.3 is 0 Å². The summed E-state index contributed by atoms with van der Waals surface area (Å²) in [5.41, 5.74) is 0.161. The van der Waals surface area contributed by atoms with Crippen molar-refractivity contribution in [2.75, 3.05) is 0 Å². The van der Waals surface area contributed by atoms with Crippen molar-refractivity contribution < 1.29 is 9.90 Å². The molecule has 19 heavy (non-hydrogen) atoms. The molecule has 0 bridgehead atoms. The first kappa shape index (κ1) is 14.9. The largest absolute Gasteiger partial charge is 0.391 e. The highest BCUT2D eigenvalue weighted by Crippen LogP contribution is 2.31. The Kier molecular flexibility index (Phi) is 4.96. The number of hydrogen-bond donors (Lipinski definition) is 2. The predicted molar refractivity (Wildman–Crippen MR) is 77.2 cm³/mol. The van der Waals surface area contributed by atoms with E-state index >= 15 is 0 Å². The summed E-state index contributed by atoms with van der Waals surface area (Å²) in [4.78, 5) is 12.2. The maximum absolute atomic E-state index is 12.2. The molecule has 1 aliphatic carbocycles. The summed E-state index contributed by atoms with van der Waals surface area (Å²) in [6.07, 6.45) is 2.89. The predicted octanol–water partition coefficient (Wildman–Crippen LogP) is 3.68. The second kappa shape index (κ2) is 6.31. The molecule has 2 rings (SSSR count). The van der Waals surface area contributed by atoms with Gasteiger partial charge in [-0.3, -0.25) is 4.79 Å². The number of nitrogens with one attached hydrogen (secondary N) is 1. The van der Waals surface area contributed by atoms with Crippen molar-refractivity contribution in [3.8, 4) is 0 Å². The monoisotopic (exact) mass is 321 g/mol. The van der Waals surface area contributed by atoms with Gasteiger partial charge in [-0.1, -0.05) is 47.6 Å². The minimum Gasteiger partial charge on any atom is -0.391 e. The number of aliphatic hydroxyl groups is 1. The van der Waals surface area contributed by atoms with Gasteiger partial charge in [0.25, 0.3) is 5.91 Å². The molecule has 0 heterocycles. The van der Waals surface area contributed by atoms with Gasteiger partial charge in [-0.2, -0.15) is 0 Å². The molecule has 1 amide bonds. The Hall–Kier alpha value is -0.480. The second-order valence-corrected chi connectivity index (χ2v) is 5.84. The number of carbonyl (C=O) groups is 1. The maximum Gasteiger partial charge on any atom is 0.254 e. The summed E-state index contributed by atoms with van der Waals surface area (Å²) < 4.78 is 0. The van der Waals surface area contributed by atoms with E-state index in [0.29, 0.717) is 6.42 Å². The summed E-state index contributed by atoms with van der Waals surface area (Å²) >= 11 is 17.9. The van der Waals surface area contributed by atoms with Crippen LogP contribution in [0.25, 0.3) is 0 Å². The Bertz CT molecular complexity index is 493. The topological polar surface area (TPSA) is 49.3 Å². The molecule has 1 aromatic rings. The molecule has 2 atom stereocenters. The molecular formula is C13H14Cl3NO2. The van der Waals surface area contributed by atoms with Crippen LogP contribution >= 0.6 is 34.8 Å². The molecule has 1 aromatic carbocycles. The van der Waals surface area contributed by atoms with E-state index in [1.807, 2.05) is 0 Å². The van der Waals surface area contributed by atoms with E-state index in [-0.39, 0.29) is 26.7 Å². The highest BCUT2D eigenvalue weighted by atomic mass is 35.5. The molecule has 104 valence electrons. The van der Waals surface area contributed by atoms with Crippen molar-refractivity contribution in [1.82, 2.24) is 5.32 Å². The lowest BCUT2D eigenvalue weighted by atomic mass is 9.92. The van der Waals surface area contributed by atoms with Crippen molar-refractivity contribution in [2.45, 2.75) is 37.8 Å². The number of halogens is 3. The highest BCUT2D eigenvalue weighted by Gasteiger charge is 2.26. The minimum absolute atomic E-state index is 0.136. The van der Waals surface area contributed by atoms with Crippen molar-refractivity contribution in [1.29, 1.82) is 0 Å². The van der Waals surface area contributed by atoms with Crippen LogP contribution in [0.3, 0.4) is 0 Å². The third-order valence-electron chi connectivity index (χ3n) is 3.32. The lowest BCUT2D eigenvalue weighted by Crippen LogP contribution is -2.45. The zero-order valence-corrected chi connectivity index (χ0v) is 12.4. The van der Waals surface area contributed by atoms with Crippen molar-refractivity contribution in [3.05, 3.63) is 32.8 Å². The van der Waals surface area contributed by atoms with Gasteiger partial charge in [0.05, 0.1) is 32.8 Å². The number of benzene rings is 1. The van der Waals surface area contributed by atoms with Crippen LogP contribution < -0.4 is 5.32 Å². The molecule has 1 aliphatic rings. The molecule has 0 aromatic heterocycles. The van der Waals surface area contributed by atoms with E-state index in [0.717, 1.165) is 19.3 Å². The lowest BCUT2D eigenvalue weighted by molar-refractivity contribution is 0.0717. The first-order valence-corrected chi connectivity index (χ1v) is 7.26. The Morgan fingerprint density at radius 1 is 1.16 bits per heavy atom. The van der Waals surface area contributed by atoms with E-state index in [4.69, 9.17) is 34.8 Å². The Balaban J connectivity index is 2.18. The molecular weight excluding hydrogens is 309 g/mol. The normalized spacial score (nSPS) is 23.2. The zero-order valence-electron chi connectivity index (χ0n) is 10.1. The van der Waals surface area contributed by atoms with Crippen LogP contribution in [0, 0.1) is 0 Å². The van der Waals surface area contributed by atoms with Gasteiger partial charge in [-0.05, 0) is 25.0 Å². The summed E-state index contributed by atoms with van der Waals surface area (Å²) in [7, 11) is 0. The van der Waals surface area contributed by atoms with E-state index in [1.54, 1.807) is 6.07 Å². The molecule has 6 heteroatoms. The van der Waals surface area contributed by atoms with Gasteiger partial charge in [-0.15, -0.1) is 0 Å². The number of aliphatic hydroxyl groups excluding tert-OH is 1. The van der Waals surface area contributed by atoms with E-state index < -0.39 is 12.0 Å². The van der Waals surface area contributed by atoms with Crippen molar-refractivity contribution in [3.63, 3.8) is 0 Å². The van der Waals surface area contributed by atoms with E-state index in [9.17, 15) is 9.90 Å². The van der Waals surface area contributed by atoms with Crippen LogP contribution in [-0.2, 0) is 0 Å². The third kappa shape index (κ3) is 3.34. The average Bonchev–Trinajstić information content (AvgIpc) is 2.37. The molecule has 2 N–H and O–H groups in total. The van der Waals surface area contributed by atoms with Crippen LogP contribution in [0.15, 0.2) is 12.1 Å². The van der Waals surface area contributed by atoms with Gasteiger partial charge in [0.1, 0.15) is 0 Å². The molecule has 1 saturated carbocycles. The summed E-state index contributed by atoms with van der Waals surface area (Å²) in [6, 6.07) is 2.81. The van der Waals surface area contributed by atoms with Crippen LogP contribution in [0.2, 0.25) is 15.1 Å². The summed E-state index contributed by atoms with van der Waals surface area (Å²) in [5, 5.41) is 13.3. The van der Waals surface area contributed by atoms with Crippen LogP contribution in [-0.4, -0.2) is 23.2 Å². The van der Waals surface area contributed by atoms with Crippen molar-refractivity contribution >= 4 is 40.7 Å². The van der Waals surface area contributed by atoms with Crippen LogP contribution in [0.4, 0.5) is 0 Å². The quantitative estimate of drug-likeness (QED) is 0.816. The Morgan fingerprint density at radius 2 is 1.79 bits per heavy atom. The molecule has 0 spiro atoms. The molecule has 0 saturated heterocycles. The summed E-state index contributed by atoms with van der Waals surface area (Å²) in [5.74, 6) is -0.400. The average molecular weight is 323 g/mol. The number of amides is 1. The van der Waals surface area contributed by atoms with Gasteiger partial charge < -0.3 is 10.4 Å². The fourth-order valence-electron chi connectivity index (χ4n) is 2.26. The fraction of sp³-hybridized carbons (Fsp3) is 0.462. The number of carbonyl (C=O) groups excluding carboxylic acids is 1. The maximum atomic E-state index is 12.2. The molecule has 0 radical (unpaired) electrons. The summed E-state index contributed by atoms with van der Waals surface area (Å²) in [6.45, 7) is 0. The molecule has 0 aliphatic heterocycles. The molecule has 1 fully saturated rings. The number of hydrogen-bond acceptors (Lipinski definition) is 2. The van der Waals surface area contributed by atoms with Gasteiger partial charge in [-0.25, -0.2) is 0 Å². The van der Waals surface area contributed by atoms with Crippen LogP contribution in [0.5, 0.6) is 0 Å². The fourth-order valence-corrected chi connectivity index (χ4v) is 2.96. The smallest absolute Gasteiger partial charge is 0.254 e. The minimum atomic E-state index is -0.519. The van der Waals surface area contributed by atoms with Gasteiger partial charge in [0, 0.05) is 0 Å². The van der Waals surface area contributed by atoms with Gasteiger partial charge in [0.15, 0.2) is 0 Å². The SMILES string of the molecule is O=C(NC1CCCCC1O)c1c(Cl)ccc(Cl)c1Cl. The first-order valence-electron chi connectivity index (χ1n) is 6.13. The van der Waals surface area contributed by atoms with E-state index in [2.05, 4.69) is 5.32 Å². The Morgan fingerprint density at radius 3 is 2.47 bits per heavy atom. The molecule has 3 nitrogen and oxygen atoms in total. The Labute approximate surface area is 126 Å². The zero-order chi connectivity index (χ0) is 14.0. The third-order valence-corrected chi connectivity index (χ3v) is 4.44. The number of rotatable bonds is 2. The van der Waals surface area contributed by atoms with E-state index in [1.165, 1.54) is 6.07 Å². The standard InChI is InChI=1S/C13H14Cl3NO2/c14-7-5-6-8(15)12(16)11(7)13(19)17-9-3-1-2-4-10(9)18/h5-6,9-10,18H,1-4H2,(H,17,19). The van der Waals surface area contributed by atoms with Crippen molar-refractivity contribution in [2.24, 2.45) is 0 Å². The highest BCUT2D eigenvalue weighted by molar-refractivity contribution is 6.46. The first-order chi connectivity index (χ1) is 9.00. The second-order valence-electron chi connectivity index (χ2n) is 4.65. The lowest BCUT2D eigenvalue weighted by Gasteiger charge is -2.28. The molecule has 2 unspecified atom stereocenters. The van der Waals surface area contributed by atoms with Gasteiger partial charge in [0.2, 0.25) is 0 Å².